The van der Waals surface area contributed by atoms with Gasteiger partial charge in [-0.05, 0) is 6.07 Å². The summed E-state index contributed by atoms with van der Waals surface area (Å²) in [5.74, 6) is 0. The molecule has 0 aromatic carbocycles. The fourth-order valence-electron chi connectivity index (χ4n) is 0.541. The second kappa shape index (κ2) is 2.74. The van der Waals surface area contributed by atoms with Gasteiger partial charge < -0.3 is 5.11 Å². The van der Waals surface area contributed by atoms with Crippen LogP contribution in [0.1, 0.15) is 5.56 Å². The minimum Gasteiger partial charge on any atom is -0.359 e. The van der Waals surface area contributed by atoms with Gasteiger partial charge in [-0.25, -0.2) is 0 Å². The lowest BCUT2D eigenvalue weighted by atomic mass is 10.3. The maximum atomic E-state index is 8.98. The lowest BCUT2D eigenvalue weighted by molar-refractivity contribution is 0.218. The monoisotopic (exact) mass is 177 g/mol. The maximum absolute atomic E-state index is 8.98. The number of pyridine rings is 1. The van der Waals surface area contributed by atoms with Gasteiger partial charge in [-0.15, -0.1) is 0 Å². The Morgan fingerprint density at radius 3 is 2.50 bits per heavy atom. The summed E-state index contributed by atoms with van der Waals surface area (Å²) in [4.78, 5) is 3.72. The third kappa shape index (κ3) is 1.84. The Balaban J connectivity index is 2.97. The molecule has 1 rings (SSSR count). The summed E-state index contributed by atoms with van der Waals surface area (Å²) >= 11 is 10.7. The van der Waals surface area contributed by atoms with Gasteiger partial charge in [-0.2, -0.15) is 0 Å². The average molecular weight is 178 g/mol. The van der Waals surface area contributed by atoms with Crippen molar-refractivity contribution in [3.05, 3.63) is 30.1 Å². The fourth-order valence-corrected chi connectivity index (χ4v) is 0.764. The molecule has 54 valence electrons. The highest BCUT2D eigenvalue weighted by molar-refractivity contribution is 6.46. The summed E-state index contributed by atoms with van der Waals surface area (Å²) in [6, 6.07) is 3.23. The van der Waals surface area contributed by atoms with Gasteiger partial charge in [-0.1, -0.05) is 29.3 Å². The Morgan fingerprint density at radius 2 is 2.20 bits per heavy atom. The molecule has 0 aliphatic rings. The number of aromatic nitrogens is 1. The molecule has 0 bridgehead atoms. The highest BCUT2D eigenvalue weighted by atomic mass is 35.5. The molecule has 0 fully saturated rings. The molecule has 2 nitrogen and oxygen atoms in total. The topological polar surface area (TPSA) is 33.1 Å². The SMILES string of the molecule is OC(Cl)(Cl)c1cccnc1. The summed E-state index contributed by atoms with van der Waals surface area (Å²) < 4.78 is -1.83. The Hall–Kier alpha value is -0.310. The summed E-state index contributed by atoms with van der Waals surface area (Å²) in [6.45, 7) is 0. The van der Waals surface area contributed by atoms with Gasteiger partial charge in [-0.3, -0.25) is 4.98 Å². The molecular weight excluding hydrogens is 173 g/mol. The molecule has 0 saturated carbocycles. The number of alkyl halides is 2. The lowest BCUT2D eigenvalue weighted by Gasteiger charge is -2.09. The van der Waals surface area contributed by atoms with E-state index in [1.807, 2.05) is 0 Å². The van der Waals surface area contributed by atoms with E-state index in [1.165, 1.54) is 6.20 Å². The number of rotatable bonds is 1. The summed E-state index contributed by atoms with van der Waals surface area (Å²) in [6.07, 6.45) is 2.98. The quantitative estimate of drug-likeness (QED) is 0.663. The largest absolute Gasteiger partial charge is 0.359 e. The first-order valence-corrected chi connectivity index (χ1v) is 3.37. The van der Waals surface area contributed by atoms with Gasteiger partial charge in [0.25, 0.3) is 0 Å². The first-order chi connectivity index (χ1) is 4.61. The number of aliphatic hydroxyl groups is 1. The average Bonchev–Trinajstić information content (AvgIpc) is 1.88. The normalized spacial score (nSPS) is 11.5. The van der Waals surface area contributed by atoms with Gasteiger partial charge in [0.05, 0.1) is 0 Å². The van der Waals surface area contributed by atoms with Crippen LogP contribution in [0.4, 0.5) is 0 Å². The summed E-state index contributed by atoms with van der Waals surface area (Å²) in [7, 11) is 0. The second-order valence-corrected chi connectivity index (χ2v) is 3.07. The standard InChI is InChI=1S/C6H5Cl2NO/c7-6(8,10)5-2-1-3-9-4-5/h1-4,10H. The summed E-state index contributed by atoms with van der Waals surface area (Å²) in [5.41, 5.74) is 0.373. The van der Waals surface area contributed by atoms with Crippen molar-refractivity contribution >= 4 is 23.2 Å². The van der Waals surface area contributed by atoms with E-state index >= 15 is 0 Å². The van der Waals surface area contributed by atoms with E-state index in [9.17, 15) is 0 Å². The van der Waals surface area contributed by atoms with Crippen LogP contribution in [-0.4, -0.2) is 10.1 Å². The number of hydrogen-bond acceptors (Lipinski definition) is 2. The Bertz CT molecular complexity index is 207. The van der Waals surface area contributed by atoms with Crippen molar-refractivity contribution in [2.24, 2.45) is 0 Å². The highest BCUT2D eigenvalue weighted by Crippen LogP contribution is 2.28. The van der Waals surface area contributed by atoms with Crippen LogP contribution in [0.25, 0.3) is 0 Å². The molecule has 10 heavy (non-hydrogen) atoms. The van der Waals surface area contributed by atoms with E-state index in [1.54, 1.807) is 18.3 Å². The number of hydrogen-bond donors (Lipinski definition) is 1. The lowest BCUT2D eigenvalue weighted by Crippen LogP contribution is -2.07. The van der Waals surface area contributed by atoms with Gasteiger partial charge in [0.15, 0.2) is 0 Å². The molecule has 1 N–H and O–H groups in total. The van der Waals surface area contributed by atoms with Crippen molar-refractivity contribution in [1.29, 1.82) is 0 Å². The molecule has 0 aliphatic heterocycles. The van der Waals surface area contributed by atoms with Crippen molar-refractivity contribution in [2.75, 3.05) is 0 Å². The van der Waals surface area contributed by atoms with Crippen molar-refractivity contribution < 1.29 is 5.11 Å². The third-order valence-electron chi connectivity index (χ3n) is 1.01. The van der Waals surface area contributed by atoms with Gasteiger partial charge in [0, 0.05) is 18.0 Å². The number of halogens is 2. The zero-order chi connectivity index (χ0) is 7.61. The molecule has 0 atom stereocenters. The van der Waals surface area contributed by atoms with E-state index in [0.29, 0.717) is 5.56 Å². The van der Waals surface area contributed by atoms with Crippen LogP contribution in [-0.2, 0) is 4.52 Å². The van der Waals surface area contributed by atoms with E-state index in [0.717, 1.165) is 0 Å². The van der Waals surface area contributed by atoms with Crippen LogP contribution in [0.5, 0.6) is 0 Å². The minimum absolute atomic E-state index is 0.373. The molecule has 0 radical (unpaired) electrons. The van der Waals surface area contributed by atoms with Crippen molar-refractivity contribution in [3.8, 4) is 0 Å². The third-order valence-corrected chi connectivity index (χ3v) is 1.45. The predicted octanol–water partition coefficient (Wildman–Crippen LogP) is 1.66. The molecule has 0 amide bonds. The van der Waals surface area contributed by atoms with Crippen molar-refractivity contribution in [2.45, 2.75) is 4.52 Å². The minimum atomic E-state index is -1.83. The summed E-state index contributed by atoms with van der Waals surface area (Å²) in [5, 5.41) is 8.98. The van der Waals surface area contributed by atoms with Crippen LogP contribution < -0.4 is 0 Å². The molecule has 0 saturated heterocycles. The van der Waals surface area contributed by atoms with E-state index < -0.39 is 4.52 Å². The van der Waals surface area contributed by atoms with Crippen LogP contribution in [0.2, 0.25) is 0 Å². The zero-order valence-corrected chi connectivity index (χ0v) is 6.47. The van der Waals surface area contributed by atoms with Gasteiger partial charge in [0.1, 0.15) is 0 Å². The first-order valence-electron chi connectivity index (χ1n) is 2.61. The second-order valence-electron chi connectivity index (χ2n) is 1.78. The van der Waals surface area contributed by atoms with E-state index in [2.05, 4.69) is 4.98 Å². The molecule has 1 aromatic heterocycles. The highest BCUT2D eigenvalue weighted by Gasteiger charge is 2.21. The molecule has 1 heterocycles. The Kier molecular flexibility index (Phi) is 2.14. The number of nitrogens with zero attached hydrogens (tertiary/aromatic N) is 1. The van der Waals surface area contributed by atoms with Gasteiger partial charge >= 0.3 is 0 Å². The van der Waals surface area contributed by atoms with Crippen molar-refractivity contribution in [3.63, 3.8) is 0 Å². The van der Waals surface area contributed by atoms with E-state index in [4.69, 9.17) is 28.3 Å². The van der Waals surface area contributed by atoms with Crippen LogP contribution in [0.3, 0.4) is 0 Å². The predicted molar refractivity (Wildman–Crippen MR) is 39.8 cm³/mol. The molecule has 4 heteroatoms. The van der Waals surface area contributed by atoms with Crippen LogP contribution >= 0.6 is 23.2 Å². The molecule has 1 aromatic rings. The first kappa shape index (κ1) is 7.79. The maximum Gasteiger partial charge on any atom is 0.243 e. The molecule has 0 aliphatic carbocycles. The van der Waals surface area contributed by atoms with Crippen LogP contribution in [0, 0.1) is 0 Å². The van der Waals surface area contributed by atoms with E-state index in [-0.39, 0.29) is 0 Å². The molecule has 0 unspecified atom stereocenters. The van der Waals surface area contributed by atoms with Crippen molar-refractivity contribution in [1.82, 2.24) is 4.98 Å². The Labute approximate surface area is 68.4 Å². The zero-order valence-electron chi connectivity index (χ0n) is 4.96. The molecule has 0 spiro atoms. The van der Waals surface area contributed by atoms with Gasteiger partial charge in [0.2, 0.25) is 4.52 Å². The Morgan fingerprint density at radius 1 is 1.50 bits per heavy atom. The van der Waals surface area contributed by atoms with Crippen LogP contribution in [0.15, 0.2) is 24.5 Å². The smallest absolute Gasteiger partial charge is 0.243 e. The molecular formula is C6H5Cl2NO. The fraction of sp³-hybridized carbons (Fsp3) is 0.167.